The summed E-state index contributed by atoms with van der Waals surface area (Å²) in [6.45, 7) is 2.99. The molecule has 0 amide bonds. The van der Waals surface area contributed by atoms with Gasteiger partial charge in [0.05, 0.1) is 0 Å². The Labute approximate surface area is 114 Å². The lowest BCUT2D eigenvalue weighted by Crippen LogP contribution is -2.30. The zero-order valence-electron chi connectivity index (χ0n) is 11.3. The summed E-state index contributed by atoms with van der Waals surface area (Å²) in [6, 6.07) is 0. The largest absolute Gasteiger partial charge is 0.381 e. The molecule has 0 aliphatic heterocycles. The average molecular weight is 286 g/mol. The van der Waals surface area contributed by atoms with Gasteiger partial charge in [-0.1, -0.05) is 19.3 Å². The predicted molar refractivity (Wildman–Crippen MR) is 74.1 cm³/mol. The molecule has 2 rings (SSSR count). The van der Waals surface area contributed by atoms with Crippen molar-refractivity contribution >= 4 is 15.8 Å². The molecule has 1 fully saturated rings. The van der Waals surface area contributed by atoms with Crippen LogP contribution in [-0.4, -0.2) is 24.7 Å². The molecular weight excluding hydrogens is 264 g/mol. The highest BCUT2D eigenvalue weighted by molar-refractivity contribution is 7.89. The Morgan fingerprint density at radius 1 is 1.42 bits per heavy atom. The molecule has 1 heterocycles. The molecule has 1 aromatic rings. The van der Waals surface area contributed by atoms with Crippen molar-refractivity contribution in [2.75, 3.05) is 12.3 Å². The Morgan fingerprint density at radius 2 is 2.11 bits per heavy atom. The smallest absolute Gasteiger partial charge is 0.245 e. The SMILES string of the molecule is CCn1cc(S(=O)(=O)NCC2CCCCC2)c(N)n1. The topological polar surface area (TPSA) is 90.0 Å². The Kier molecular flexibility index (Phi) is 4.46. The van der Waals surface area contributed by atoms with Crippen molar-refractivity contribution in [3.05, 3.63) is 6.20 Å². The standard InChI is InChI=1S/C12H22N4O2S/c1-2-16-9-11(12(13)15-16)19(17,18)14-8-10-6-4-3-5-7-10/h9-10,14H,2-8H2,1H3,(H2,13,15). The van der Waals surface area contributed by atoms with Crippen molar-refractivity contribution in [2.24, 2.45) is 5.92 Å². The van der Waals surface area contributed by atoms with Crippen molar-refractivity contribution in [3.8, 4) is 0 Å². The number of aromatic nitrogens is 2. The number of hydrogen-bond acceptors (Lipinski definition) is 4. The Balaban J connectivity index is 2.02. The molecule has 3 N–H and O–H groups in total. The van der Waals surface area contributed by atoms with Crippen LogP contribution in [0.25, 0.3) is 0 Å². The Bertz CT molecular complexity index is 518. The van der Waals surface area contributed by atoms with E-state index < -0.39 is 10.0 Å². The Morgan fingerprint density at radius 3 is 2.68 bits per heavy atom. The van der Waals surface area contributed by atoms with E-state index in [9.17, 15) is 8.42 Å². The van der Waals surface area contributed by atoms with E-state index in [4.69, 9.17) is 5.73 Å². The summed E-state index contributed by atoms with van der Waals surface area (Å²) in [5.74, 6) is 0.518. The molecule has 0 aromatic carbocycles. The summed E-state index contributed by atoms with van der Waals surface area (Å²) in [5, 5.41) is 3.97. The van der Waals surface area contributed by atoms with Crippen molar-refractivity contribution in [3.63, 3.8) is 0 Å². The van der Waals surface area contributed by atoms with Crippen LogP contribution in [0.2, 0.25) is 0 Å². The third kappa shape index (κ3) is 3.48. The molecule has 0 spiro atoms. The maximum Gasteiger partial charge on any atom is 0.245 e. The van der Waals surface area contributed by atoms with E-state index in [0.29, 0.717) is 19.0 Å². The summed E-state index contributed by atoms with van der Waals surface area (Å²) >= 11 is 0. The van der Waals surface area contributed by atoms with Crippen LogP contribution >= 0.6 is 0 Å². The first-order valence-corrected chi connectivity index (χ1v) is 8.34. The zero-order valence-corrected chi connectivity index (χ0v) is 12.1. The van der Waals surface area contributed by atoms with Crippen LogP contribution < -0.4 is 10.5 Å². The zero-order chi connectivity index (χ0) is 13.9. The highest BCUT2D eigenvalue weighted by Gasteiger charge is 2.22. The minimum Gasteiger partial charge on any atom is -0.381 e. The van der Waals surface area contributed by atoms with Crippen LogP contribution in [0.3, 0.4) is 0 Å². The average Bonchev–Trinajstić information content (AvgIpc) is 2.80. The molecule has 0 bridgehead atoms. The monoisotopic (exact) mass is 286 g/mol. The quantitative estimate of drug-likeness (QED) is 0.854. The lowest BCUT2D eigenvalue weighted by atomic mass is 9.90. The number of aryl methyl sites for hydroxylation is 1. The number of nitrogens with one attached hydrogen (secondary N) is 1. The molecule has 0 saturated heterocycles. The second-order valence-corrected chi connectivity index (χ2v) is 6.83. The van der Waals surface area contributed by atoms with Crippen molar-refractivity contribution in [1.82, 2.24) is 14.5 Å². The fraction of sp³-hybridized carbons (Fsp3) is 0.750. The summed E-state index contributed by atoms with van der Waals surface area (Å²) in [5.41, 5.74) is 5.66. The molecule has 1 aromatic heterocycles. The summed E-state index contributed by atoms with van der Waals surface area (Å²) in [7, 11) is -3.54. The lowest BCUT2D eigenvalue weighted by Gasteiger charge is -2.21. The highest BCUT2D eigenvalue weighted by Crippen LogP contribution is 2.24. The summed E-state index contributed by atoms with van der Waals surface area (Å²) in [4.78, 5) is 0.0881. The van der Waals surface area contributed by atoms with Gasteiger partial charge in [-0.25, -0.2) is 13.1 Å². The van der Waals surface area contributed by atoms with E-state index in [-0.39, 0.29) is 10.7 Å². The van der Waals surface area contributed by atoms with Crippen LogP contribution in [0.5, 0.6) is 0 Å². The number of hydrogen-bond donors (Lipinski definition) is 2. The summed E-state index contributed by atoms with van der Waals surface area (Å²) < 4.78 is 28.6. The third-order valence-corrected chi connectivity index (χ3v) is 5.10. The molecule has 0 atom stereocenters. The first-order valence-electron chi connectivity index (χ1n) is 6.85. The van der Waals surface area contributed by atoms with Gasteiger partial charge < -0.3 is 5.73 Å². The van der Waals surface area contributed by atoms with E-state index in [2.05, 4.69) is 9.82 Å². The molecule has 6 nitrogen and oxygen atoms in total. The van der Waals surface area contributed by atoms with Gasteiger partial charge in [0.25, 0.3) is 0 Å². The first-order chi connectivity index (χ1) is 9.03. The molecule has 0 radical (unpaired) electrons. The second kappa shape index (κ2) is 5.92. The minimum atomic E-state index is -3.54. The molecule has 19 heavy (non-hydrogen) atoms. The second-order valence-electron chi connectivity index (χ2n) is 5.09. The van der Waals surface area contributed by atoms with Crippen molar-refractivity contribution in [2.45, 2.75) is 50.5 Å². The van der Waals surface area contributed by atoms with E-state index >= 15 is 0 Å². The number of nitrogens with zero attached hydrogens (tertiary/aromatic N) is 2. The molecule has 1 saturated carbocycles. The minimum absolute atomic E-state index is 0.0676. The van der Waals surface area contributed by atoms with Crippen LogP contribution in [0.4, 0.5) is 5.82 Å². The maximum absolute atomic E-state index is 12.2. The van der Waals surface area contributed by atoms with Crippen LogP contribution in [-0.2, 0) is 16.6 Å². The number of anilines is 1. The predicted octanol–water partition coefficient (Wildman–Crippen LogP) is 1.34. The van der Waals surface area contributed by atoms with Gasteiger partial charge in [0.1, 0.15) is 4.90 Å². The van der Waals surface area contributed by atoms with Gasteiger partial charge in [0.2, 0.25) is 10.0 Å². The van der Waals surface area contributed by atoms with Crippen LogP contribution in [0.1, 0.15) is 39.0 Å². The van der Waals surface area contributed by atoms with E-state index in [1.807, 2.05) is 6.92 Å². The van der Waals surface area contributed by atoms with Gasteiger partial charge in [-0.05, 0) is 25.7 Å². The molecule has 108 valence electrons. The van der Waals surface area contributed by atoms with Gasteiger partial charge in [-0.3, -0.25) is 4.68 Å². The summed E-state index contributed by atoms with van der Waals surface area (Å²) in [6.07, 6.45) is 7.35. The molecular formula is C12H22N4O2S. The molecule has 1 aliphatic rings. The van der Waals surface area contributed by atoms with Gasteiger partial charge in [-0.2, -0.15) is 5.10 Å². The fourth-order valence-electron chi connectivity index (χ4n) is 2.48. The van der Waals surface area contributed by atoms with Gasteiger partial charge >= 0.3 is 0 Å². The number of sulfonamides is 1. The van der Waals surface area contributed by atoms with Crippen LogP contribution in [0, 0.1) is 5.92 Å². The lowest BCUT2D eigenvalue weighted by molar-refractivity contribution is 0.357. The van der Waals surface area contributed by atoms with E-state index in [0.717, 1.165) is 12.8 Å². The Hall–Kier alpha value is -1.08. The first kappa shape index (κ1) is 14.3. The number of nitrogens with two attached hydrogens (primary N) is 1. The van der Waals surface area contributed by atoms with Gasteiger partial charge in [-0.15, -0.1) is 0 Å². The van der Waals surface area contributed by atoms with Gasteiger partial charge in [0, 0.05) is 19.3 Å². The number of rotatable bonds is 5. The van der Waals surface area contributed by atoms with E-state index in [1.54, 1.807) is 0 Å². The third-order valence-electron chi connectivity index (χ3n) is 3.66. The van der Waals surface area contributed by atoms with Crippen molar-refractivity contribution in [1.29, 1.82) is 0 Å². The maximum atomic E-state index is 12.2. The van der Waals surface area contributed by atoms with Crippen LogP contribution in [0.15, 0.2) is 11.1 Å². The van der Waals surface area contributed by atoms with Crippen molar-refractivity contribution < 1.29 is 8.42 Å². The highest BCUT2D eigenvalue weighted by atomic mass is 32.2. The van der Waals surface area contributed by atoms with E-state index in [1.165, 1.54) is 30.1 Å². The molecule has 1 aliphatic carbocycles. The number of nitrogen functional groups attached to an aromatic ring is 1. The van der Waals surface area contributed by atoms with Gasteiger partial charge in [0.15, 0.2) is 5.82 Å². The normalized spacial score (nSPS) is 17.7. The fourth-order valence-corrected chi connectivity index (χ4v) is 3.67. The molecule has 0 unspecified atom stereocenters. The molecule has 7 heteroatoms.